The molecule has 20 heavy (non-hydrogen) atoms. The van der Waals surface area contributed by atoms with E-state index in [0.717, 1.165) is 11.3 Å². The Kier molecular flexibility index (Phi) is 4.65. The zero-order valence-electron chi connectivity index (χ0n) is 11.6. The predicted octanol–water partition coefficient (Wildman–Crippen LogP) is 2.17. The Morgan fingerprint density at radius 2 is 2.05 bits per heavy atom. The molecular weight excluding hydrogens is 258 g/mol. The number of furan rings is 1. The third kappa shape index (κ3) is 3.12. The molecule has 0 aliphatic carbocycles. The van der Waals surface area contributed by atoms with E-state index >= 15 is 0 Å². The molecule has 0 spiro atoms. The number of aliphatic hydroxyl groups is 1. The molecule has 2 aromatic rings. The van der Waals surface area contributed by atoms with Gasteiger partial charge in [0.05, 0.1) is 13.7 Å². The summed E-state index contributed by atoms with van der Waals surface area (Å²) in [5, 5.41) is 9.13. The highest BCUT2D eigenvalue weighted by atomic mass is 16.5. The molecule has 0 radical (unpaired) electrons. The Balaban J connectivity index is 2.23. The minimum Gasteiger partial charge on any atom is -0.493 e. The SMILES string of the molecule is COc1cc(CO)ccc1OC(CN)c1ccc(C)o1. The Hall–Kier alpha value is -1.98. The van der Waals surface area contributed by atoms with E-state index in [1.54, 1.807) is 25.3 Å². The van der Waals surface area contributed by atoms with Crippen LogP contribution in [0.2, 0.25) is 0 Å². The van der Waals surface area contributed by atoms with Crippen molar-refractivity contribution < 1.29 is 19.0 Å². The molecule has 0 amide bonds. The summed E-state index contributed by atoms with van der Waals surface area (Å²) in [5.41, 5.74) is 6.50. The lowest BCUT2D eigenvalue weighted by Gasteiger charge is -2.17. The van der Waals surface area contributed by atoms with E-state index in [0.29, 0.717) is 17.3 Å². The van der Waals surface area contributed by atoms with Crippen molar-refractivity contribution in [3.8, 4) is 11.5 Å². The molecule has 5 nitrogen and oxygen atoms in total. The summed E-state index contributed by atoms with van der Waals surface area (Å²) in [5.74, 6) is 2.61. The van der Waals surface area contributed by atoms with Crippen LogP contribution in [-0.2, 0) is 6.61 Å². The smallest absolute Gasteiger partial charge is 0.168 e. The van der Waals surface area contributed by atoms with Crippen molar-refractivity contribution >= 4 is 0 Å². The maximum Gasteiger partial charge on any atom is 0.168 e. The van der Waals surface area contributed by atoms with Gasteiger partial charge in [-0.3, -0.25) is 0 Å². The normalized spacial score (nSPS) is 12.2. The molecule has 1 aromatic heterocycles. The van der Waals surface area contributed by atoms with Crippen LogP contribution in [0.25, 0.3) is 0 Å². The predicted molar refractivity (Wildman–Crippen MR) is 74.8 cm³/mol. The fraction of sp³-hybridized carbons (Fsp3) is 0.333. The second kappa shape index (κ2) is 6.45. The van der Waals surface area contributed by atoms with Gasteiger partial charge < -0.3 is 24.7 Å². The largest absolute Gasteiger partial charge is 0.493 e. The lowest BCUT2D eigenvalue weighted by Crippen LogP contribution is -2.18. The number of benzene rings is 1. The first-order chi connectivity index (χ1) is 9.67. The van der Waals surface area contributed by atoms with E-state index in [1.807, 2.05) is 19.1 Å². The molecule has 0 saturated carbocycles. The zero-order chi connectivity index (χ0) is 14.5. The van der Waals surface area contributed by atoms with E-state index in [1.165, 1.54) is 0 Å². The quantitative estimate of drug-likeness (QED) is 0.846. The fourth-order valence-corrected chi connectivity index (χ4v) is 1.91. The average Bonchev–Trinajstić information content (AvgIpc) is 2.91. The fourth-order valence-electron chi connectivity index (χ4n) is 1.91. The summed E-state index contributed by atoms with van der Waals surface area (Å²) >= 11 is 0. The van der Waals surface area contributed by atoms with Crippen LogP contribution in [0.5, 0.6) is 11.5 Å². The maximum absolute atomic E-state index is 9.13. The Bertz CT molecular complexity index is 565. The van der Waals surface area contributed by atoms with Gasteiger partial charge in [0, 0.05) is 6.54 Å². The van der Waals surface area contributed by atoms with E-state index in [-0.39, 0.29) is 19.3 Å². The standard InChI is InChI=1S/C15H19NO4/c1-10-3-5-13(19-10)15(8-16)20-12-6-4-11(9-17)7-14(12)18-2/h3-7,15,17H,8-9,16H2,1-2H3. The van der Waals surface area contributed by atoms with Crippen molar-refractivity contribution in [1.82, 2.24) is 0 Å². The highest BCUT2D eigenvalue weighted by molar-refractivity contribution is 5.43. The number of hydrogen-bond acceptors (Lipinski definition) is 5. The molecule has 0 bridgehead atoms. The number of methoxy groups -OCH3 is 1. The third-order valence-electron chi connectivity index (χ3n) is 2.97. The highest BCUT2D eigenvalue weighted by Gasteiger charge is 2.17. The lowest BCUT2D eigenvalue weighted by molar-refractivity contribution is 0.175. The van der Waals surface area contributed by atoms with Crippen LogP contribution in [0.4, 0.5) is 0 Å². The van der Waals surface area contributed by atoms with Gasteiger partial charge in [0.2, 0.25) is 0 Å². The summed E-state index contributed by atoms with van der Waals surface area (Å²) in [4.78, 5) is 0. The van der Waals surface area contributed by atoms with Gasteiger partial charge in [0.15, 0.2) is 17.6 Å². The number of ether oxygens (including phenoxy) is 2. The van der Waals surface area contributed by atoms with Gasteiger partial charge in [-0.2, -0.15) is 0 Å². The third-order valence-corrected chi connectivity index (χ3v) is 2.97. The van der Waals surface area contributed by atoms with Crippen LogP contribution >= 0.6 is 0 Å². The van der Waals surface area contributed by atoms with Crippen molar-refractivity contribution in [2.24, 2.45) is 5.73 Å². The Morgan fingerprint density at radius 1 is 1.25 bits per heavy atom. The van der Waals surface area contributed by atoms with Gasteiger partial charge in [-0.05, 0) is 36.8 Å². The van der Waals surface area contributed by atoms with Crippen molar-refractivity contribution in [3.63, 3.8) is 0 Å². The average molecular weight is 277 g/mol. The summed E-state index contributed by atoms with van der Waals surface area (Å²) < 4.78 is 16.7. The molecule has 1 aromatic carbocycles. The monoisotopic (exact) mass is 277 g/mol. The van der Waals surface area contributed by atoms with Crippen molar-refractivity contribution in [2.45, 2.75) is 19.6 Å². The second-order valence-electron chi connectivity index (χ2n) is 4.43. The van der Waals surface area contributed by atoms with E-state index in [2.05, 4.69) is 0 Å². The molecule has 108 valence electrons. The van der Waals surface area contributed by atoms with Gasteiger partial charge in [-0.15, -0.1) is 0 Å². The zero-order valence-corrected chi connectivity index (χ0v) is 11.6. The van der Waals surface area contributed by atoms with Crippen LogP contribution in [0, 0.1) is 6.92 Å². The van der Waals surface area contributed by atoms with Crippen LogP contribution in [0.1, 0.15) is 23.2 Å². The molecule has 1 atom stereocenters. The first-order valence-corrected chi connectivity index (χ1v) is 6.38. The number of hydrogen-bond donors (Lipinski definition) is 2. The van der Waals surface area contributed by atoms with Crippen LogP contribution in [-0.4, -0.2) is 18.8 Å². The molecule has 3 N–H and O–H groups in total. The summed E-state index contributed by atoms with van der Waals surface area (Å²) in [6, 6.07) is 8.98. The first-order valence-electron chi connectivity index (χ1n) is 6.38. The summed E-state index contributed by atoms with van der Waals surface area (Å²) in [6.45, 7) is 2.11. The summed E-state index contributed by atoms with van der Waals surface area (Å²) in [6.07, 6.45) is -0.377. The maximum atomic E-state index is 9.13. The van der Waals surface area contributed by atoms with Crippen LogP contribution in [0.15, 0.2) is 34.7 Å². The molecule has 1 unspecified atom stereocenters. The molecular formula is C15H19NO4. The van der Waals surface area contributed by atoms with Gasteiger partial charge in [-0.25, -0.2) is 0 Å². The second-order valence-corrected chi connectivity index (χ2v) is 4.43. The van der Waals surface area contributed by atoms with E-state index < -0.39 is 0 Å². The van der Waals surface area contributed by atoms with Crippen molar-refractivity contribution in [3.05, 3.63) is 47.4 Å². The van der Waals surface area contributed by atoms with E-state index in [4.69, 9.17) is 24.7 Å². The first kappa shape index (κ1) is 14.4. The van der Waals surface area contributed by atoms with Gasteiger partial charge in [0.25, 0.3) is 0 Å². The van der Waals surface area contributed by atoms with Crippen molar-refractivity contribution in [1.29, 1.82) is 0 Å². The minimum absolute atomic E-state index is 0.0473. The Labute approximate surface area is 117 Å². The molecule has 5 heteroatoms. The van der Waals surface area contributed by atoms with E-state index in [9.17, 15) is 0 Å². The number of nitrogens with two attached hydrogens (primary N) is 1. The van der Waals surface area contributed by atoms with Crippen molar-refractivity contribution in [2.75, 3.05) is 13.7 Å². The lowest BCUT2D eigenvalue weighted by atomic mass is 10.2. The molecule has 0 fully saturated rings. The number of aryl methyl sites for hydroxylation is 1. The van der Waals surface area contributed by atoms with Crippen LogP contribution in [0.3, 0.4) is 0 Å². The minimum atomic E-state index is -0.377. The van der Waals surface area contributed by atoms with Gasteiger partial charge in [-0.1, -0.05) is 6.07 Å². The summed E-state index contributed by atoms with van der Waals surface area (Å²) in [7, 11) is 1.55. The van der Waals surface area contributed by atoms with Crippen LogP contribution < -0.4 is 15.2 Å². The van der Waals surface area contributed by atoms with Gasteiger partial charge >= 0.3 is 0 Å². The molecule has 0 aliphatic rings. The Morgan fingerprint density at radius 3 is 2.60 bits per heavy atom. The molecule has 2 rings (SSSR count). The topological polar surface area (TPSA) is 77.8 Å². The molecule has 0 saturated heterocycles. The van der Waals surface area contributed by atoms with Gasteiger partial charge in [0.1, 0.15) is 11.5 Å². The number of aliphatic hydroxyl groups excluding tert-OH is 1. The highest BCUT2D eigenvalue weighted by Crippen LogP contribution is 2.32. The molecule has 1 heterocycles. The number of rotatable bonds is 6. The molecule has 0 aliphatic heterocycles.